The van der Waals surface area contributed by atoms with Crippen LogP contribution in [0.15, 0.2) is 64.8 Å². The molecule has 0 bridgehead atoms. The van der Waals surface area contributed by atoms with Crippen molar-refractivity contribution in [2.75, 3.05) is 13.7 Å². The van der Waals surface area contributed by atoms with Gasteiger partial charge < -0.3 is 9.47 Å². The summed E-state index contributed by atoms with van der Waals surface area (Å²) in [6, 6.07) is 10.9. The Labute approximate surface area is 173 Å². The Hall–Kier alpha value is -3.56. The monoisotopic (exact) mass is 427 g/mol. The molecule has 9 heteroatoms. The van der Waals surface area contributed by atoms with E-state index in [0.717, 1.165) is 5.56 Å². The molecule has 0 aliphatic rings. The molecule has 1 aromatic heterocycles. The van der Waals surface area contributed by atoms with Crippen molar-refractivity contribution in [2.45, 2.75) is 4.90 Å². The van der Waals surface area contributed by atoms with Crippen LogP contribution in [0.1, 0.15) is 5.56 Å². The first kappa shape index (κ1) is 21.2. The number of sulfonamides is 1. The average Bonchev–Trinajstić information content (AvgIpc) is 3.00. The topological polar surface area (TPSA) is 116 Å². The predicted molar refractivity (Wildman–Crippen MR) is 115 cm³/mol. The second kappa shape index (κ2) is 8.44. The van der Waals surface area contributed by atoms with Crippen molar-refractivity contribution < 1.29 is 17.9 Å². The van der Waals surface area contributed by atoms with Gasteiger partial charge in [-0.1, -0.05) is 25.3 Å². The Morgan fingerprint density at radius 3 is 2.47 bits per heavy atom. The lowest BCUT2D eigenvalue weighted by atomic mass is 10.1. The second-order valence-corrected chi connectivity index (χ2v) is 7.90. The number of rotatable bonds is 7. The van der Waals surface area contributed by atoms with Crippen LogP contribution < -0.4 is 30.7 Å². The van der Waals surface area contributed by atoms with Crippen molar-refractivity contribution in [3.05, 3.63) is 81.6 Å². The number of aromatic amines is 1. The van der Waals surface area contributed by atoms with Crippen molar-refractivity contribution >= 4 is 22.7 Å². The Morgan fingerprint density at radius 1 is 1.17 bits per heavy atom. The Bertz CT molecular complexity index is 1350. The zero-order chi connectivity index (χ0) is 21.9. The van der Waals surface area contributed by atoms with Gasteiger partial charge >= 0.3 is 0 Å². The Kier molecular flexibility index (Phi) is 5.95. The highest BCUT2D eigenvalue weighted by Gasteiger charge is 2.10. The van der Waals surface area contributed by atoms with E-state index in [2.05, 4.69) is 18.3 Å². The van der Waals surface area contributed by atoms with Crippen LogP contribution in [0.4, 0.5) is 0 Å². The van der Waals surface area contributed by atoms with Crippen LogP contribution >= 0.6 is 0 Å². The molecule has 3 aromatic rings. The van der Waals surface area contributed by atoms with E-state index in [1.165, 1.54) is 36.1 Å². The highest BCUT2D eigenvalue weighted by atomic mass is 32.2. The van der Waals surface area contributed by atoms with Gasteiger partial charge in [-0.3, -0.25) is 9.89 Å². The molecule has 1 heterocycles. The molecule has 156 valence electrons. The number of methoxy groups -OCH3 is 1. The van der Waals surface area contributed by atoms with E-state index in [1.807, 2.05) is 0 Å². The van der Waals surface area contributed by atoms with E-state index in [9.17, 15) is 13.2 Å². The Morgan fingerprint density at radius 2 is 1.87 bits per heavy atom. The number of aromatic nitrogens is 2. The molecule has 0 amide bonds. The van der Waals surface area contributed by atoms with Crippen molar-refractivity contribution in [2.24, 2.45) is 5.14 Å². The normalized spacial score (nSPS) is 12.0. The molecular weight excluding hydrogens is 406 g/mol. The summed E-state index contributed by atoms with van der Waals surface area (Å²) in [7, 11) is -2.29. The summed E-state index contributed by atoms with van der Waals surface area (Å²) < 4.78 is 35.0. The number of nitrogens with zero attached hydrogens (tertiary/aromatic N) is 1. The first-order valence-electron chi connectivity index (χ1n) is 8.81. The van der Waals surface area contributed by atoms with E-state index in [4.69, 9.17) is 14.6 Å². The van der Waals surface area contributed by atoms with Crippen molar-refractivity contribution in [1.29, 1.82) is 0 Å². The van der Waals surface area contributed by atoms with Gasteiger partial charge in [-0.15, -0.1) is 0 Å². The van der Waals surface area contributed by atoms with Gasteiger partial charge in [-0.25, -0.2) is 18.2 Å². The first-order chi connectivity index (χ1) is 14.2. The molecule has 0 unspecified atom stereocenters. The lowest BCUT2D eigenvalue weighted by Crippen LogP contribution is -2.33. The zero-order valence-electron chi connectivity index (χ0n) is 16.3. The minimum atomic E-state index is -3.82. The minimum Gasteiger partial charge on any atom is -0.493 e. The molecule has 0 saturated heterocycles. The van der Waals surface area contributed by atoms with Crippen molar-refractivity contribution in [3.63, 3.8) is 0 Å². The largest absolute Gasteiger partial charge is 0.493 e. The van der Waals surface area contributed by atoms with Gasteiger partial charge in [0.2, 0.25) is 10.0 Å². The zero-order valence-corrected chi connectivity index (χ0v) is 17.1. The highest BCUT2D eigenvalue weighted by Crippen LogP contribution is 2.28. The number of nitrogens with two attached hydrogens (primary N) is 1. The first-order valence-corrected chi connectivity index (χ1v) is 10.4. The van der Waals surface area contributed by atoms with E-state index in [1.54, 1.807) is 30.4 Å². The van der Waals surface area contributed by atoms with Crippen molar-refractivity contribution in [3.8, 4) is 17.2 Å². The average molecular weight is 427 g/mol. The van der Waals surface area contributed by atoms with E-state index in [0.29, 0.717) is 34.4 Å². The van der Waals surface area contributed by atoms with Gasteiger partial charge in [-0.05, 0) is 48.0 Å². The lowest BCUT2D eigenvalue weighted by Gasteiger charge is -2.09. The lowest BCUT2D eigenvalue weighted by molar-refractivity contribution is 0.326. The molecule has 0 spiro atoms. The van der Waals surface area contributed by atoms with Gasteiger partial charge in [0.05, 0.1) is 28.3 Å². The second-order valence-electron chi connectivity index (χ2n) is 6.34. The molecule has 0 radical (unpaired) electrons. The molecule has 0 aliphatic heterocycles. The third kappa shape index (κ3) is 4.37. The number of hydrogen-bond donors (Lipinski definition) is 2. The SMILES string of the molecule is C=CCOc1ccc(/C=c2/c(=C)[nH]n(-c3ccc(S(N)(=O)=O)cc3)c2=O)cc1OC. The molecule has 3 rings (SSSR count). The van der Waals surface area contributed by atoms with Crippen LogP contribution in [0.5, 0.6) is 11.5 Å². The number of H-pyrrole nitrogens is 1. The van der Waals surface area contributed by atoms with Crippen molar-refractivity contribution in [1.82, 2.24) is 9.78 Å². The third-order valence-corrected chi connectivity index (χ3v) is 5.21. The Balaban J connectivity index is 2.04. The number of benzene rings is 2. The molecule has 3 N–H and O–H groups in total. The molecule has 30 heavy (non-hydrogen) atoms. The van der Waals surface area contributed by atoms with Crippen LogP contribution in [-0.2, 0) is 10.0 Å². The predicted octanol–water partition coefficient (Wildman–Crippen LogP) is 0.625. The van der Waals surface area contributed by atoms with Crippen LogP contribution in [-0.4, -0.2) is 31.9 Å². The molecule has 0 fully saturated rings. The third-order valence-electron chi connectivity index (χ3n) is 4.28. The molecule has 2 aromatic carbocycles. The standard InChI is InChI=1S/C21H21N3O5S/c1-4-11-29-19-10-5-15(13-20(19)28-3)12-18-14(2)23-24(21(18)25)16-6-8-17(9-7-16)30(22,26)27/h4-10,12-13,23H,1-2,11H2,3H3,(H2,22,26,27)/b18-12-. The fraction of sp³-hybridized carbons (Fsp3) is 0.0952. The van der Waals surface area contributed by atoms with Crippen LogP contribution in [0.25, 0.3) is 18.3 Å². The summed E-state index contributed by atoms with van der Waals surface area (Å²) in [6.07, 6.45) is 3.31. The van der Waals surface area contributed by atoms with Crippen LogP contribution in [0.3, 0.4) is 0 Å². The van der Waals surface area contributed by atoms with Crippen LogP contribution in [0, 0.1) is 0 Å². The maximum absolute atomic E-state index is 12.9. The summed E-state index contributed by atoms with van der Waals surface area (Å²) in [5, 5.41) is 8.76. The number of hydrogen-bond acceptors (Lipinski definition) is 5. The van der Waals surface area contributed by atoms with E-state index < -0.39 is 10.0 Å². The maximum atomic E-state index is 12.9. The van der Waals surface area contributed by atoms with Gasteiger partial charge in [0.25, 0.3) is 5.56 Å². The fourth-order valence-corrected chi connectivity index (χ4v) is 3.34. The summed E-state index contributed by atoms with van der Waals surface area (Å²) >= 11 is 0. The van der Waals surface area contributed by atoms with E-state index >= 15 is 0 Å². The summed E-state index contributed by atoms with van der Waals surface area (Å²) in [5.41, 5.74) is 0.826. The van der Waals surface area contributed by atoms with Crippen LogP contribution in [0.2, 0.25) is 0 Å². The van der Waals surface area contributed by atoms with Gasteiger partial charge in [0.15, 0.2) is 11.5 Å². The van der Waals surface area contributed by atoms with Gasteiger partial charge in [0.1, 0.15) is 6.61 Å². The summed E-state index contributed by atoms with van der Waals surface area (Å²) in [5.74, 6) is 1.08. The van der Waals surface area contributed by atoms with Gasteiger partial charge in [0, 0.05) is 0 Å². The molecule has 0 aliphatic carbocycles. The molecule has 0 atom stereocenters. The fourth-order valence-electron chi connectivity index (χ4n) is 2.82. The number of primary sulfonamides is 1. The van der Waals surface area contributed by atoms with Gasteiger partial charge in [-0.2, -0.15) is 0 Å². The maximum Gasteiger partial charge on any atom is 0.279 e. The molecular formula is C21H21N3O5S. The quantitative estimate of drug-likeness (QED) is 0.537. The minimum absolute atomic E-state index is 0.0432. The molecule has 0 saturated carbocycles. The number of nitrogens with one attached hydrogen (secondary N) is 1. The van der Waals surface area contributed by atoms with E-state index in [-0.39, 0.29) is 10.5 Å². The smallest absolute Gasteiger partial charge is 0.279 e. The summed E-state index contributed by atoms with van der Waals surface area (Å²) in [6.45, 7) is 7.85. The molecule has 8 nitrogen and oxygen atoms in total. The highest BCUT2D eigenvalue weighted by molar-refractivity contribution is 7.89. The number of ether oxygens (including phenoxy) is 2. The summed E-state index contributed by atoms with van der Waals surface area (Å²) in [4.78, 5) is 12.8.